The Hall–Kier alpha value is -1.75. The fraction of sp³-hybridized carbons (Fsp3) is 0.500. The van der Waals surface area contributed by atoms with Crippen LogP contribution in [-0.2, 0) is 0 Å². The highest BCUT2D eigenvalue weighted by atomic mass is 16.5. The van der Waals surface area contributed by atoms with Crippen LogP contribution in [0.15, 0.2) is 18.2 Å². The maximum atomic E-state index is 12.5. The number of methoxy groups -OCH3 is 2. The second-order valence-corrected chi connectivity index (χ2v) is 4.52. The molecule has 1 unspecified atom stereocenters. The lowest BCUT2D eigenvalue weighted by Crippen LogP contribution is -2.37. The molecule has 1 heterocycles. The molecule has 104 valence electrons. The van der Waals surface area contributed by atoms with Crippen LogP contribution < -0.4 is 9.47 Å². The minimum Gasteiger partial charge on any atom is -0.493 e. The van der Waals surface area contributed by atoms with Gasteiger partial charge in [-0.05, 0) is 25.0 Å². The van der Waals surface area contributed by atoms with E-state index in [2.05, 4.69) is 0 Å². The summed E-state index contributed by atoms with van der Waals surface area (Å²) in [5, 5.41) is 9.31. The molecule has 1 amide bonds. The molecule has 0 radical (unpaired) electrons. The zero-order valence-corrected chi connectivity index (χ0v) is 11.3. The number of rotatable bonds is 4. The van der Waals surface area contributed by atoms with Crippen molar-refractivity contribution in [1.29, 1.82) is 0 Å². The molecule has 5 heteroatoms. The summed E-state index contributed by atoms with van der Waals surface area (Å²) < 4.78 is 10.5. The molecule has 1 aromatic rings. The molecule has 5 nitrogen and oxygen atoms in total. The molecular formula is C14H19NO4. The predicted octanol–water partition coefficient (Wildman–Crippen LogP) is 1.30. The van der Waals surface area contributed by atoms with Crippen LogP contribution in [0.2, 0.25) is 0 Å². The second-order valence-electron chi connectivity index (χ2n) is 4.52. The molecule has 1 saturated heterocycles. The van der Waals surface area contributed by atoms with Crippen molar-refractivity contribution in [2.45, 2.75) is 18.9 Å². The number of benzene rings is 1. The summed E-state index contributed by atoms with van der Waals surface area (Å²) in [6, 6.07) is 5.14. The summed E-state index contributed by atoms with van der Waals surface area (Å²) in [7, 11) is 3.06. The van der Waals surface area contributed by atoms with Crippen molar-refractivity contribution < 1.29 is 19.4 Å². The lowest BCUT2D eigenvalue weighted by atomic mass is 10.1. The first-order chi connectivity index (χ1) is 9.22. The molecule has 2 rings (SSSR count). The van der Waals surface area contributed by atoms with E-state index in [-0.39, 0.29) is 18.6 Å². The van der Waals surface area contributed by atoms with Crippen LogP contribution in [0.25, 0.3) is 0 Å². The summed E-state index contributed by atoms with van der Waals surface area (Å²) in [5.41, 5.74) is 0.474. The number of nitrogens with zero attached hydrogens (tertiary/aromatic N) is 1. The fourth-order valence-corrected chi connectivity index (χ4v) is 2.50. The van der Waals surface area contributed by atoms with Gasteiger partial charge in [-0.25, -0.2) is 0 Å². The summed E-state index contributed by atoms with van der Waals surface area (Å²) in [4.78, 5) is 14.2. The van der Waals surface area contributed by atoms with Gasteiger partial charge in [-0.2, -0.15) is 0 Å². The van der Waals surface area contributed by atoms with Crippen LogP contribution >= 0.6 is 0 Å². The molecule has 1 aliphatic rings. The quantitative estimate of drug-likeness (QED) is 0.891. The number of hydrogen-bond acceptors (Lipinski definition) is 4. The molecule has 1 aromatic carbocycles. The Labute approximate surface area is 112 Å². The lowest BCUT2D eigenvalue weighted by molar-refractivity contribution is 0.0673. The van der Waals surface area contributed by atoms with Crippen LogP contribution in [0.3, 0.4) is 0 Å². The topological polar surface area (TPSA) is 59.0 Å². The van der Waals surface area contributed by atoms with E-state index in [1.54, 1.807) is 30.2 Å². The lowest BCUT2D eigenvalue weighted by Gasteiger charge is -2.24. The first-order valence-electron chi connectivity index (χ1n) is 6.35. The Kier molecular flexibility index (Phi) is 4.27. The van der Waals surface area contributed by atoms with Gasteiger partial charge >= 0.3 is 0 Å². The Morgan fingerprint density at radius 1 is 1.42 bits per heavy atom. The van der Waals surface area contributed by atoms with Gasteiger partial charge in [0.1, 0.15) is 0 Å². The monoisotopic (exact) mass is 265 g/mol. The van der Waals surface area contributed by atoms with Gasteiger partial charge in [0.2, 0.25) is 0 Å². The molecule has 1 atom stereocenters. The van der Waals surface area contributed by atoms with Gasteiger partial charge in [-0.1, -0.05) is 6.07 Å². The predicted molar refractivity (Wildman–Crippen MR) is 70.7 cm³/mol. The number of likely N-dealkylation sites (tertiary alicyclic amines) is 1. The Balaban J connectivity index is 2.33. The minimum atomic E-state index is -0.118. The van der Waals surface area contributed by atoms with E-state index in [0.717, 1.165) is 12.8 Å². The molecule has 1 N–H and O–H groups in total. The number of amides is 1. The van der Waals surface area contributed by atoms with E-state index < -0.39 is 0 Å². The number of aliphatic hydroxyl groups is 1. The Morgan fingerprint density at radius 3 is 2.84 bits per heavy atom. The van der Waals surface area contributed by atoms with Crippen LogP contribution in [0.5, 0.6) is 11.5 Å². The van der Waals surface area contributed by atoms with Gasteiger partial charge in [-0.15, -0.1) is 0 Å². The van der Waals surface area contributed by atoms with Crippen molar-refractivity contribution in [2.75, 3.05) is 27.4 Å². The maximum Gasteiger partial charge on any atom is 0.258 e. The van der Waals surface area contributed by atoms with Crippen LogP contribution in [-0.4, -0.2) is 49.3 Å². The van der Waals surface area contributed by atoms with Gasteiger partial charge in [0.25, 0.3) is 5.91 Å². The number of aliphatic hydroxyl groups excluding tert-OH is 1. The first kappa shape index (κ1) is 13.7. The summed E-state index contributed by atoms with van der Waals surface area (Å²) in [6.07, 6.45) is 1.76. The van der Waals surface area contributed by atoms with E-state index in [0.29, 0.717) is 23.6 Å². The van der Waals surface area contributed by atoms with Gasteiger partial charge in [-0.3, -0.25) is 4.79 Å². The Bertz CT molecular complexity index is 461. The molecule has 0 bridgehead atoms. The molecule has 1 aliphatic heterocycles. The zero-order chi connectivity index (χ0) is 13.8. The van der Waals surface area contributed by atoms with Crippen molar-refractivity contribution in [3.8, 4) is 11.5 Å². The van der Waals surface area contributed by atoms with Gasteiger partial charge in [0.15, 0.2) is 11.5 Å². The summed E-state index contributed by atoms with van der Waals surface area (Å²) in [5.74, 6) is 0.860. The van der Waals surface area contributed by atoms with E-state index in [1.165, 1.54) is 7.11 Å². The van der Waals surface area contributed by atoms with Crippen LogP contribution in [0.1, 0.15) is 23.2 Å². The van der Waals surface area contributed by atoms with Crippen LogP contribution in [0, 0.1) is 0 Å². The number of ether oxygens (including phenoxy) is 2. The van der Waals surface area contributed by atoms with Crippen molar-refractivity contribution in [1.82, 2.24) is 4.90 Å². The second kappa shape index (κ2) is 5.93. The highest BCUT2D eigenvalue weighted by Gasteiger charge is 2.30. The average molecular weight is 265 g/mol. The molecule has 1 fully saturated rings. The first-order valence-corrected chi connectivity index (χ1v) is 6.35. The normalized spacial score (nSPS) is 18.5. The number of carbonyl (C=O) groups is 1. The smallest absolute Gasteiger partial charge is 0.258 e. The standard InChI is InChI=1S/C14H19NO4/c1-18-12-7-3-6-11(13(12)19-2)14(17)15-8-4-5-10(15)9-16/h3,6-7,10,16H,4-5,8-9H2,1-2H3. The summed E-state index contributed by atoms with van der Waals surface area (Å²) in [6.45, 7) is 0.669. The number of hydrogen-bond donors (Lipinski definition) is 1. The van der Waals surface area contributed by atoms with Gasteiger partial charge in [0.05, 0.1) is 32.4 Å². The number of para-hydroxylation sites is 1. The average Bonchev–Trinajstić information content (AvgIpc) is 2.93. The third-order valence-corrected chi connectivity index (χ3v) is 3.48. The van der Waals surface area contributed by atoms with E-state index in [9.17, 15) is 9.90 Å². The molecule has 0 saturated carbocycles. The highest BCUT2D eigenvalue weighted by Crippen LogP contribution is 2.32. The Morgan fingerprint density at radius 2 is 2.21 bits per heavy atom. The molecule has 0 spiro atoms. The summed E-state index contributed by atoms with van der Waals surface area (Å²) >= 11 is 0. The van der Waals surface area contributed by atoms with E-state index in [1.807, 2.05) is 0 Å². The SMILES string of the molecule is COc1cccc(C(=O)N2CCCC2CO)c1OC. The number of carbonyl (C=O) groups excluding carboxylic acids is 1. The zero-order valence-electron chi connectivity index (χ0n) is 11.3. The van der Waals surface area contributed by atoms with Crippen molar-refractivity contribution >= 4 is 5.91 Å². The third-order valence-electron chi connectivity index (χ3n) is 3.48. The third kappa shape index (κ3) is 2.51. The largest absolute Gasteiger partial charge is 0.493 e. The van der Waals surface area contributed by atoms with Crippen molar-refractivity contribution in [2.24, 2.45) is 0 Å². The van der Waals surface area contributed by atoms with Gasteiger partial charge < -0.3 is 19.5 Å². The molecule has 19 heavy (non-hydrogen) atoms. The highest BCUT2D eigenvalue weighted by molar-refractivity contribution is 5.98. The maximum absolute atomic E-state index is 12.5. The minimum absolute atomic E-state index is 0.00196. The van der Waals surface area contributed by atoms with E-state index in [4.69, 9.17) is 9.47 Å². The fourth-order valence-electron chi connectivity index (χ4n) is 2.50. The van der Waals surface area contributed by atoms with Gasteiger partial charge in [0, 0.05) is 6.54 Å². The molecule has 0 aromatic heterocycles. The van der Waals surface area contributed by atoms with Crippen molar-refractivity contribution in [3.05, 3.63) is 23.8 Å². The van der Waals surface area contributed by atoms with Crippen LogP contribution in [0.4, 0.5) is 0 Å². The van der Waals surface area contributed by atoms with Crippen molar-refractivity contribution in [3.63, 3.8) is 0 Å². The molecule has 0 aliphatic carbocycles. The van der Waals surface area contributed by atoms with E-state index >= 15 is 0 Å². The molecular weight excluding hydrogens is 246 g/mol.